The monoisotopic (exact) mass is 256 g/mol. The summed E-state index contributed by atoms with van der Waals surface area (Å²) in [4.78, 5) is 18.7. The first-order valence-electron chi connectivity index (χ1n) is 6.43. The minimum Gasteiger partial charge on any atom is -0.345 e. The van der Waals surface area contributed by atoms with E-state index >= 15 is 0 Å². The normalized spacial score (nSPS) is 14.3. The molecule has 5 heteroatoms. The standard InChI is InChI=1S/C14H16N4O/c19-14(8-16-11-5-6-11)18-12-3-1-10(2-4-12)13-7-15-9-17-13/h1-4,7,9,11,16H,5-6,8H2,(H,15,17)(H,18,19). The molecule has 98 valence electrons. The number of aromatic nitrogens is 2. The predicted molar refractivity (Wildman–Crippen MR) is 73.7 cm³/mol. The molecule has 1 saturated carbocycles. The molecule has 3 N–H and O–H groups in total. The van der Waals surface area contributed by atoms with Gasteiger partial charge in [-0.1, -0.05) is 12.1 Å². The molecule has 0 unspecified atom stereocenters. The molecule has 1 aliphatic carbocycles. The van der Waals surface area contributed by atoms with Crippen LogP contribution >= 0.6 is 0 Å². The van der Waals surface area contributed by atoms with E-state index in [1.165, 1.54) is 12.8 Å². The van der Waals surface area contributed by atoms with Crippen LogP contribution in [0.25, 0.3) is 11.3 Å². The van der Waals surface area contributed by atoms with Crippen LogP contribution in [-0.4, -0.2) is 28.5 Å². The van der Waals surface area contributed by atoms with Crippen molar-refractivity contribution in [3.63, 3.8) is 0 Å². The largest absolute Gasteiger partial charge is 0.345 e. The maximum absolute atomic E-state index is 11.7. The van der Waals surface area contributed by atoms with E-state index in [2.05, 4.69) is 20.6 Å². The lowest BCUT2D eigenvalue weighted by Crippen LogP contribution is -2.29. The van der Waals surface area contributed by atoms with Gasteiger partial charge in [0.05, 0.1) is 24.8 Å². The topological polar surface area (TPSA) is 69.8 Å². The molecule has 1 aliphatic rings. The van der Waals surface area contributed by atoms with Crippen molar-refractivity contribution in [3.05, 3.63) is 36.8 Å². The summed E-state index contributed by atoms with van der Waals surface area (Å²) in [5, 5.41) is 6.06. The number of imidazole rings is 1. The van der Waals surface area contributed by atoms with E-state index in [4.69, 9.17) is 0 Å². The lowest BCUT2D eigenvalue weighted by atomic mass is 10.1. The lowest BCUT2D eigenvalue weighted by Gasteiger charge is -2.06. The maximum atomic E-state index is 11.7. The van der Waals surface area contributed by atoms with E-state index < -0.39 is 0 Å². The molecule has 1 heterocycles. The molecule has 1 aromatic carbocycles. The third-order valence-electron chi connectivity index (χ3n) is 3.11. The first kappa shape index (κ1) is 11.9. The molecule has 19 heavy (non-hydrogen) atoms. The Bertz CT molecular complexity index is 543. The van der Waals surface area contributed by atoms with Crippen molar-refractivity contribution in [2.75, 3.05) is 11.9 Å². The van der Waals surface area contributed by atoms with E-state index in [0.29, 0.717) is 12.6 Å². The number of anilines is 1. The minimum atomic E-state index is 0.00110. The van der Waals surface area contributed by atoms with Crippen LogP contribution in [0.3, 0.4) is 0 Å². The van der Waals surface area contributed by atoms with Gasteiger partial charge in [0.1, 0.15) is 0 Å². The first-order valence-corrected chi connectivity index (χ1v) is 6.43. The van der Waals surface area contributed by atoms with Crippen LogP contribution in [0.5, 0.6) is 0 Å². The van der Waals surface area contributed by atoms with Crippen LogP contribution in [0.2, 0.25) is 0 Å². The number of amides is 1. The minimum absolute atomic E-state index is 0.00110. The van der Waals surface area contributed by atoms with Crippen LogP contribution in [0.4, 0.5) is 5.69 Å². The SMILES string of the molecule is O=C(CNC1CC1)Nc1ccc(-c2cnc[nH]2)cc1. The fourth-order valence-corrected chi connectivity index (χ4v) is 1.88. The highest BCUT2D eigenvalue weighted by atomic mass is 16.1. The molecule has 5 nitrogen and oxygen atoms in total. The summed E-state index contributed by atoms with van der Waals surface area (Å²) >= 11 is 0. The van der Waals surface area contributed by atoms with Crippen LogP contribution in [-0.2, 0) is 4.79 Å². The van der Waals surface area contributed by atoms with E-state index in [1.807, 2.05) is 24.3 Å². The average molecular weight is 256 g/mol. The first-order chi connectivity index (χ1) is 9.31. The smallest absolute Gasteiger partial charge is 0.238 e. The number of rotatable bonds is 5. The second kappa shape index (κ2) is 5.24. The van der Waals surface area contributed by atoms with Crippen molar-refractivity contribution in [2.24, 2.45) is 0 Å². The van der Waals surface area contributed by atoms with Crippen molar-refractivity contribution in [1.29, 1.82) is 0 Å². The quantitative estimate of drug-likeness (QED) is 0.763. The molecule has 1 aromatic heterocycles. The Hall–Kier alpha value is -2.14. The van der Waals surface area contributed by atoms with Gasteiger partial charge >= 0.3 is 0 Å². The zero-order valence-electron chi connectivity index (χ0n) is 10.5. The molecule has 1 amide bonds. The molecule has 1 fully saturated rings. The number of H-pyrrole nitrogens is 1. The molecule has 0 bridgehead atoms. The van der Waals surface area contributed by atoms with Crippen molar-refractivity contribution in [3.8, 4) is 11.3 Å². The molecule has 0 atom stereocenters. The lowest BCUT2D eigenvalue weighted by molar-refractivity contribution is -0.115. The second-order valence-electron chi connectivity index (χ2n) is 4.75. The molecule has 0 saturated heterocycles. The maximum Gasteiger partial charge on any atom is 0.238 e. The molecule has 2 aromatic rings. The van der Waals surface area contributed by atoms with Gasteiger partial charge in [-0.15, -0.1) is 0 Å². The Morgan fingerprint density at radius 3 is 2.74 bits per heavy atom. The van der Waals surface area contributed by atoms with Crippen molar-refractivity contribution in [1.82, 2.24) is 15.3 Å². The van der Waals surface area contributed by atoms with Crippen LogP contribution in [0, 0.1) is 0 Å². The fourth-order valence-electron chi connectivity index (χ4n) is 1.88. The Labute approximate surface area is 111 Å². The number of benzene rings is 1. The second-order valence-corrected chi connectivity index (χ2v) is 4.75. The number of carbonyl (C=O) groups excluding carboxylic acids is 1. The number of nitrogens with one attached hydrogen (secondary N) is 3. The highest BCUT2D eigenvalue weighted by Crippen LogP contribution is 2.19. The summed E-state index contributed by atoms with van der Waals surface area (Å²) in [6, 6.07) is 8.25. The van der Waals surface area contributed by atoms with Gasteiger partial charge in [-0.3, -0.25) is 4.79 Å². The van der Waals surface area contributed by atoms with Crippen molar-refractivity contribution >= 4 is 11.6 Å². The number of aromatic amines is 1. The summed E-state index contributed by atoms with van der Waals surface area (Å²) in [6.45, 7) is 0.382. The number of nitrogens with zero attached hydrogens (tertiary/aromatic N) is 1. The highest BCUT2D eigenvalue weighted by molar-refractivity contribution is 5.92. The highest BCUT2D eigenvalue weighted by Gasteiger charge is 2.21. The Morgan fingerprint density at radius 1 is 1.32 bits per heavy atom. The zero-order chi connectivity index (χ0) is 13.1. The van der Waals surface area contributed by atoms with Gasteiger partial charge in [-0.2, -0.15) is 0 Å². The number of hydrogen-bond acceptors (Lipinski definition) is 3. The Morgan fingerprint density at radius 2 is 2.11 bits per heavy atom. The van der Waals surface area contributed by atoms with Gasteiger partial charge in [0, 0.05) is 11.7 Å². The third-order valence-corrected chi connectivity index (χ3v) is 3.11. The molecule has 3 rings (SSSR count). The summed E-state index contributed by atoms with van der Waals surface area (Å²) in [7, 11) is 0. The summed E-state index contributed by atoms with van der Waals surface area (Å²) in [6.07, 6.45) is 5.79. The molecule has 0 aliphatic heterocycles. The van der Waals surface area contributed by atoms with Crippen molar-refractivity contribution in [2.45, 2.75) is 18.9 Å². The van der Waals surface area contributed by atoms with Crippen molar-refractivity contribution < 1.29 is 4.79 Å². The molecular formula is C14H16N4O. The summed E-state index contributed by atoms with van der Waals surface area (Å²) in [5.41, 5.74) is 2.82. The summed E-state index contributed by atoms with van der Waals surface area (Å²) in [5.74, 6) is 0.00110. The summed E-state index contributed by atoms with van der Waals surface area (Å²) < 4.78 is 0. The Balaban J connectivity index is 1.57. The van der Waals surface area contributed by atoms with E-state index in [0.717, 1.165) is 16.9 Å². The predicted octanol–water partition coefficient (Wildman–Crippen LogP) is 1.77. The molecular weight excluding hydrogens is 240 g/mol. The van der Waals surface area contributed by atoms with Gasteiger partial charge in [0.2, 0.25) is 5.91 Å². The van der Waals surface area contributed by atoms with Gasteiger partial charge in [0.25, 0.3) is 0 Å². The number of hydrogen-bond donors (Lipinski definition) is 3. The van der Waals surface area contributed by atoms with Crippen LogP contribution in [0.1, 0.15) is 12.8 Å². The average Bonchev–Trinajstić information content (AvgIpc) is 3.10. The zero-order valence-corrected chi connectivity index (χ0v) is 10.5. The van der Waals surface area contributed by atoms with E-state index in [1.54, 1.807) is 12.5 Å². The Kier molecular flexibility index (Phi) is 3.29. The number of carbonyl (C=O) groups is 1. The van der Waals surface area contributed by atoms with Crippen LogP contribution < -0.4 is 10.6 Å². The third kappa shape index (κ3) is 3.20. The fraction of sp³-hybridized carbons (Fsp3) is 0.286. The van der Waals surface area contributed by atoms with Gasteiger partial charge in [0.15, 0.2) is 0 Å². The van der Waals surface area contributed by atoms with E-state index in [-0.39, 0.29) is 5.91 Å². The van der Waals surface area contributed by atoms with E-state index in [9.17, 15) is 4.79 Å². The van der Waals surface area contributed by atoms with Gasteiger partial charge < -0.3 is 15.6 Å². The van der Waals surface area contributed by atoms with Gasteiger partial charge in [-0.05, 0) is 30.5 Å². The van der Waals surface area contributed by atoms with Gasteiger partial charge in [-0.25, -0.2) is 4.98 Å². The molecule has 0 radical (unpaired) electrons. The van der Waals surface area contributed by atoms with Crippen LogP contribution in [0.15, 0.2) is 36.8 Å². The molecule has 0 spiro atoms.